The summed E-state index contributed by atoms with van der Waals surface area (Å²) >= 11 is 0. The Kier molecular flexibility index (Phi) is 9.57. The van der Waals surface area contributed by atoms with Crippen molar-refractivity contribution in [3.05, 3.63) is 77.1 Å². The number of aromatic nitrogens is 3. The molecule has 0 spiro atoms. The van der Waals surface area contributed by atoms with Gasteiger partial charge in [0, 0.05) is 36.5 Å². The van der Waals surface area contributed by atoms with Crippen molar-refractivity contribution in [2.45, 2.75) is 63.7 Å². The van der Waals surface area contributed by atoms with E-state index in [4.69, 9.17) is 20.4 Å². The lowest BCUT2D eigenvalue weighted by atomic mass is 10.1. The summed E-state index contributed by atoms with van der Waals surface area (Å²) in [5.41, 5.74) is 10.7. The summed E-state index contributed by atoms with van der Waals surface area (Å²) in [6, 6.07) is 14.7. The van der Waals surface area contributed by atoms with Gasteiger partial charge < -0.3 is 20.7 Å². The number of benzene rings is 1. The number of fused-ring (bicyclic) bond motifs is 1. The maximum Gasteiger partial charge on any atom is 0.251 e. The molecule has 11 heteroatoms. The summed E-state index contributed by atoms with van der Waals surface area (Å²) in [7, 11) is -3.45. The van der Waals surface area contributed by atoms with Gasteiger partial charge in [0.1, 0.15) is 5.82 Å². The second kappa shape index (κ2) is 13.4. The standard InChI is InChI=1S/C33H40N6O4S/c1-21-8-9-25(15-31(21)44(4,41)42)33(40)36-18-27-16-29-26(17-35-27)10-11-28(37-29)30-13-24(7-5-6-12-34)14-32(38-30)39-19-22(2)43-23(3)20-39/h8-11,13-17,22-23H,5-7,12,18-20,34H2,1-4H3,(H,36,40)/t22-,23+. The van der Waals surface area contributed by atoms with Crippen molar-refractivity contribution in [1.82, 2.24) is 20.3 Å². The van der Waals surface area contributed by atoms with Crippen molar-refractivity contribution in [3.63, 3.8) is 0 Å². The van der Waals surface area contributed by atoms with Gasteiger partial charge in [-0.1, -0.05) is 6.07 Å². The Morgan fingerprint density at radius 1 is 1.02 bits per heavy atom. The predicted octanol–water partition coefficient (Wildman–Crippen LogP) is 4.23. The minimum Gasteiger partial charge on any atom is -0.372 e. The summed E-state index contributed by atoms with van der Waals surface area (Å²) in [5.74, 6) is 0.538. The van der Waals surface area contributed by atoms with E-state index in [1.807, 2.05) is 18.2 Å². The van der Waals surface area contributed by atoms with Crippen LogP contribution in [-0.4, -0.2) is 67.4 Å². The van der Waals surface area contributed by atoms with Crippen molar-refractivity contribution >= 4 is 32.5 Å². The van der Waals surface area contributed by atoms with E-state index in [-0.39, 0.29) is 35.1 Å². The molecular formula is C33H40N6O4S. The largest absolute Gasteiger partial charge is 0.372 e. The molecule has 1 fully saturated rings. The van der Waals surface area contributed by atoms with Crippen LogP contribution >= 0.6 is 0 Å². The van der Waals surface area contributed by atoms with Crippen molar-refractivity contribution in [2.75, 3.05) is 30.8 Å². The quantitative estimate of drug-likeness (QED) is 0.251. The van der Waals surface area contributed by atoms with Gasteiger partial charge in [-0.3, -0.25) is 9.78 Å². The molecule has 3 N–H and O–H groups in total. The molecule has 4 aromatic rings. The lowest BCUT2D eigenvalue weighted by Gasteiger charge is -2.36. The number of rotatable bonds is 10. The minimum absolute atomic E-state index is 0.114. The molecule has 2 atom stereocenters. The Morgan fingerprint density at radius 2 is 1.80 bits per heavy atom. The van der Waals surface area contributed by atoms with Crippen molar-refractivity contribution in [1.29, 1.82) is 0 Å². The van der Waals surface area contributed by atoms with Gasteiger partial charge in [0.05, 0.1) is 46.2 Å². The first-order valence-electron chi connectivity index (χ1n) is 15.0. The van der Waals surface area contributed by atoms with Gasteiger partial charge in [0.2, 0.25) is 0 Å². The number of unbranched alkanes of at least 4 members (excludes halogenated alkanes) is 1. The molecule has 0 unspecified atom stereocenters. The van der Waals surface area contributed by atoms with E-state index >= 15 is 0 Å². The highest BCUT2D eigenvalue weighted by Crippen LogP contribution is 2.27. The first kappa shape index (κ1) is 31.5. The Bertz CT molecular complexity index is 1770. The number of amides is 1. The highest BCUT2D eigenvalue weighted by atomic mass is 32.2. The third-order valence-corrected chi connectivity index (χ3v) is 8.95. The van der Waals surface area contributed by atoms with Crippen LogP contribution in [0.25, 0.3) is 22.3 Å². The monoisotopic (exact) mass is 616 g/mol. The SMILES string of the molecule is Cc1ccc(C(=O)NCc2cc3nc(-c4cc(CCCCN)cc(N5C[C@@H](C)O[C@@H](C)C5)n4)ccc3cn2)cc1S(C)(=O)=O. The predicted molar refractivity (Wildman–Crippen MR) is 172 cm³/mol. The van der Waals surface area contributed by atoms with Gasteiger partial charge in [0.15, 0.2) is 9.84 Å². The van der Waals surface area contributed by atoms with Crippen molar-refractivity contribution in [2.24, 2.45) is 5.73 Å². The maximum atomic E-state index is 12.9. The molecule has 0 bridgehead atoms. The number of sulfone groups is 1. The Labute approximate surface area is 259 Å². The second-order valence-electron chi connectivity index (χ2n) is 11.6. The van der Waals surface area contributed by atoms with E-state index in [0.29, 0.717) is 17.8 Å². The molecule has 44 heavy (non-hydrogen) atoms. The zero-order valence-corrected chi connectivity index (χ0v) is 26.5. The summed E-state index contributed by atoms with van der Waals surface area (Å²) in [6.45, 7) is 8.24. The van der Waals surface area contributed by atoms with Crippen LogP contribution in [-0.2, 0) is 27.5 Å². The minimum atomic E-state index is -3.45. The highest BCUT2D eigenvalue weighted by molar-refractivity contribution is 7.90. The molecule has 1 aliphatic rings. The number of hydrogen-bond donors (Lipinski definition) is 2. The van der Waals surface area contributed by atoms with E-state index < -0.39 is 9.84 Å². The van der Waals surface area contributed by atoms with E-state index in [1.165, 1.54) is 11.6 Å². The third-order valence-electron chi connectivity index (χ3n) is 7.71. The van der Waals surface area contributed by atoms with Crippen LogP contribution < -0.4 is 16.0 Å². The number of nitrogens with one attached hydrogen (secondary N) is 1. The van der Waals surface area contributed by atoms with E-state index in [2.05, 4.69) is 41.2 Å². The van der Waals surface area contributed by atoms with Crippen LogP contribution in [0.1, 0.15) is 53.9 Å². The Hall–Kier alpha value is -3.93. The molecule has 1 aliphatic heterocycles. The fraction of sp³-hybridized carbons (Fsp3) is 0.394. The lowest BCUT2D eigenvalue weighted by Crippen LogP contribution is -2.45. The smallest absolute Gasteiger partial charge is 0.251 e. The zero-order chi connectivity index (χ0) is 31.4. The third kappa shape index (κ3) is 7.58. The molecular weight excluding hydrogens is 576 g/mol. The number of nitrogens with zero attached hydrogens (tertiary/aromatic N) is 4. The number of anilines is 1. The van der Waals surface area contributed by atoms with Crippen LogP contribution in [0.5, 0.6) is 0 Å². The van der Waals surface area contributed by atoms with Gasteiger partial charge in [-0.2, -0.15) is 0 Å². The number of morpholine rings is 1. The average Bonchev–Trinajstić information content (AvgIpc) is 2.98. The molecule has 1 aromatic carbocycles. The van der Waals surface area contributed by atoms with Crippen LogP contribution in [0.15, 0.2) is 59.6 Å². The molecule has 0 saturated carbocycles. The summed E-state index contributed by atoms with van der Waals surface area (Å²) in [5, 5.41) is 3.72. The van der Waals surface area contributed by atoms with Crippen molar-refractivity contribution < 1.29 is 17.9 Å². The number of nitrogens with two attached hydrogens (primary N) is 1. The molecule has 5 rings (SSSR count). The fourth-order valence-electron chi connectivity index (χ4n) is 5.56. The number of pyridine rings is 3. The molecule has 0 aliphatic carbocycles. The molecule has 1 saturated heterocycles. The number of aryl methyl sites for hydroxylation is 2. The topological polar surface area (TPSA) is 140 Å². The van der Waals surface area contributed by atoms with E-state index in [1.54, 1.807) is 25.3 Å². The van der Waals surface area contributed by atoms with Gasteiger partial charge >= 0.3 is 0 Å². The van der Waals surface area contributed by atoms with Crippen LogP contribution in [0, 0.1) is 6.92 Å². The van der Waals surface area contributed by atoms with E-state index in [0.717, 1.165) is 66.7 Å². The Morgan fingerprint density at radius 3 is 2.52 bits per heavy atom. The molecule has 10 nitrogen and oxygen atoms in total. The average molecular weight is 617 g/mol. The number of carbonyl (C=O) groups is 1. The number of ether oxygens (including phenoxy) is 1. The molecule has 1 amide bonds. The van der Waals surface area contributed by atoms with Crippen molar-refractivity contribution in [3.8, 4) is 11.4 Å². The fourth-order valence-corrected chi connectivity index (χ4v) is 6.55. The van der Waals surface area contributed by atoms with Gasteiger partial charge in [-0.25, -0.2) is 18.4 Å². The highest BCUT2D eigenvalue weighted by Gasteiger charge is 2.24. The lowest BCUT2D eigenvalue weighted by molar-refractivity contribution is -0.00546. The number of carbonyl (C=O) groups excluding carboxylic acids is 1. The first-order chi connectivity index (χ1) is 21.0. The first-order valence-corrected chi connectivity index (χ1v) is 16.9. The molecule has 232 valence electrons. The van der Waals surface area contributed by atoms with Crippen LogP contribution in [0.3, 0.4) is 0 Å². The van der Waals surface area contributed by atoms with Crippen LogP contribution in [0.2, 0.25) is 0 Å². The second-order valence-corrected chi connectivity index (χ2v) is 13.6. The molecule has 3 aromatic heterocycles. The van der Waals surface area contributed by atoms with Gasteiger partial charge in [-0.15, -0.1) is 0 Å². The summed E-state index contributed by atoms with van der Waals surface area (Å²) < 4.78 is 30.2. The summed E-state index contributed by atoms with van der Waals surface area (Å²) in [4.78, 5) is 29.8. The van der Waals surface area contributed by atoms with E-state index in [9.17, 15) is 13.2 Å². The zero-order valence-electron chi connectivity index (χ0n) is 25.7. The maximum absolute atomic E-state index is 12.9. The molecule has 4 heterocycles. The van der Waals surface area contributed by atoms with Gasteiger partial charge in [0.25, 0.3) is 5.91 Å². The Balaban J connectivity index is 1.40. The number of hydrogen-bond acceptors (Lipinski definition) is 9. The molecule has 0 radical (unpaired) electrons. The van der Waals surface area contributed by atoms with Gasteiger partial charge in [-0.05, 0) is 100 Å². The summed E-state index contributed by atoms with van der Waals surface area (Å²) in [6.07, 6.45) is 5.96. The normalized spacial score (nSPS) is 17.2. The van der Waals surface area contributed by atoms with Crippen LogP contribution in [0.4, 0.5) is 5.82 Å².